The third-order valence-corrected chi connectivity index (χ3v) is 12.2. The van der Waals surface area contributed by atoms with Crippen LogP contribution >= 0.6 is 22.7 Å². The molecule has 5 aliphatic rings. The summed E-state index contributed by atoms with van der Waals surface area (Å²) in [6.45, 7) is 0. The van der Waals surface area contributed by atoms with E-state index in [1.807, 2.05) is 12.1 Å². The summed E-state index contributed by atoms with van der Waals surface area (Å²) in [4.78, 5) is 50.0. The van der Waals surface area contributed by atoms with Crippen molar-refractivity contribution in [3.05, 3.63) is 58.2 Å². The number of halogens is 4. The molecule has 5 aliphatic carbocycles. The van der Waals surface area contributed by atoms with Crippen molar-refractivity contribution in [2.24, 2.45) is 21.8 Å². The van der Waals surface area contributed by atoms with Crippen molar-refractivity contribution in [3.63, 3.8) is 0 Å². The topological polar surface area (TPSA) is 96.2 Å². The van der Waals surface area contributed by atoms with Crippen LogP contribution in [-0.2, 0) is 15.0 Å². The first kappa shape index (κ1) is 28.1. The molecule has 44 heavy (non-hydrogen) atoms. The number of ketones is 3. The van der Waals surface area contributed by atoms with Crippen LogP contribution in [-0.4, -0.2) is 46.2 Å². The van der Waals surface area contributed by atoms with Crippen LogP contribution in [0.4, 0.5) is 27.6 Å². The summed E-state index contributed by atoms with van der Waals surface area (Å²) in [5.74, 6) is -5.80. The number of benzene rings is 1. The fraction of sp³-hybridized carbons (Fsp3) is 0.406. The number of rotatable bonds is 2. The van der Waals surface area contributed by atoms with Crippen LogP contribution in [0.25, 0.3) is 9.75 Å². The normalized spacial score (nSPS) is 29.4. The van der Waals surface area contributed by atoms with Gasteiger partial charge >= 0.3 is 0 Å². The van der Waals surface area contributed by atoms with Gasteiger partial charge in [0.1, 0.15) is 34.2 Å². The Morgan fingerprint density at radius 2 is 1.32 bits per heavy atom. The smallest absolute Gasteiger partial charge is 0.210 e. The molecule has 2 aromatic heterocycles. The molecule has 1 spiro atoms. The van der Waals surface area contributed by atoms with Gasteiger partial charge in [0.25, 0.3) is 0 Å². The molecule has 1 N–H and O–H groups in total. The molecular weight excluding hydrogens is 616 g/mol. The number of hydrogen-bond acceptors (Lipinski definition) is 8. The van der Waals surface area contributed by atoms with Crippen LogP contribution in [0, 0.1) is 23.5 Å². The van der Waals surface area contributed by atoms with E-state index < -0.39 is 59.3 Å². The maximum Gasteiger partial charge on any atom is 0.210 e. The largest absolute Gasteiger partial charge is 0.382 e. The summed E-state index contributed by atoms with van der Waals surface area (Å²) in [5.41, 5.74) is 1.18. The van der Waals surface area contributed by atoms with Crippen molar-refractivity contribution in [2.45, 2.75) is 68.8 Å². The number of alkyl halides is 2. The van der Waals surface area contributed by atoms with E-state index in [2.05, 4.69) is 9.98 Å². The fourth-order valence-electron chi connectivity index (χ4n) is 7.76. The average molecular weight is 641 g/mol. The quantitative estimate of drug-likeness (QED) is 0.299. The van der Waals surface area contributed by atoms with Crippen molar-refractivity contribution >= 4 is 61.4 Å². The van der Waals surface area contributed by atoms with Gasteiger partial charge in [0.05, 0.1) is 9.75 Å². The van der Waals surface area contributed by atoms with Crippen molar-refractivity contribution < 1.29 is 37.1 Å². The number of carbonyl (C=O) groups is 3. The Labute approximate surface area is 256 Å². The Hall–Kier alpha value is -3.35. The number of carbonyl (C=O) groups excluding carboxylic acids is 3. The van der Waals surface area contributed by atoms with Crippen LogP contribution < -0.4 is 0 Å². The van der Waals surface area contributed by atoms with E-state index in [1.54, 1.807) is 0 Å². The van der Waals surface area contributed by atoms with E-state index in [9.17, 15) is 37.1 Å². The third kappa shape index (κ3) is 3.89. The van der Waals surface area contributed by atoms with Gasteiger partial charge in [-0.1, -0.05) is 19.3 Å². The highest BCUT2D eigenvalue weighted by Crippen LogP contribution is 2.63. The average Bonchev–Trinajstić information content (AvgIpc) is 3.77. The van der Waals surface area contributed by atoms with Gasteiger partial charge in [-0.25, -0.2) is 27.5 Å². The number of hydrogen-bond donors (Lipinski definition) is 1. The Kier molecular flexibility index (Phi) is 6.28. The van der Waals surface area contributed by atoms with Crippen LogP contribution in [0.3, 0.4) is 0 Å². The van der Waals surface area contributed by atoms with E-state index >= 15 is 0 Å². The van der Waals surface area contributed by atoms with Gasteiger partial charge in [-0.15, -0.1) is 22.7 Å². The predicted octanol–water partition coefficient (Wildman–Crippen LogP) is 7.25. The summed E-state index contributed by atoms with van der Waals surface area (Å²) in [6.07, 6.45) is -0.885. The molecule has 0 bridgehead atoms. The number of aliphatic hydroxyl groups is 1. The molecule has 12 heteroatoms. The minimum atomic E-state index is -1.77. The first-order chi connectivity index (χ1) is 21.1. The summed E-state index contributed by atoms with van der Waals surface area (Å²) in [7, 11) is 0. The zero-order chi connectivity index (χ0) is 30.7. The molecule has 8 rings (SSSR count). The molecule has 2 heterocycles. The summed E-state index contributed by atoms with van der Waals surface area (Å²) >= 11 is 2.66. The van der Waals surface area contributed by atoms with Crippen LogP contribution in [0.1, 0.15) is 78.1 Å². The van der Waals surface area contributed by atoms with Crippen LogP contribution in [0.5, 0.6) is 0 Å². The molecule has 0 saturated heterocycles. The molecule has 226 valence electrons. The maximum absolute atomic E-state index is 14.0. The first-order valence-electron chi connectivity index (χ1n) is 14.6. The first-order valence-corrected chi connectivity index (χ1v) is 16.2. The van der Waals surface area contributed by atoms with E-state index in [0.717, 1.165) is 65.1 Å². The van der Waals surface area contributed by atoms with E-state index in [4.69, 9.17) is 0 Å². The molecule has 3 saturated carbocycles. The van der Waals surface area contributed by atoms with E-state index in [0.29, 0.717) is 10.0 Å². The molecule has 0 aliphatic heterocycles. The number of fused-ring (bicyclic) bond motifs is 7. The number of Topliss-reactive ketones (excluding diaryl/α,β-unsaturated/α-hetero) is 3. The Morgan fingerprint density at radius 3 is 1.91 bits per heavy atom. The molecule has 0 radical (unpaired) electrons. The van der Waals surface area contributed by atoms with E-state index in [1.165, 1.54) is 22.7 Å². The number of aliphatic imine (C=N–C) groups is 2. The molecule has 3 aromatic rings. The van der Waals surface area contributed by atoms with Gasteiger partial charge in [-0.2, -0.15) is 0 Å². The van der Waals surface area contributed by atoms with Crippen LogP contribution in [0.15, 0.2) is 34.3 Å². The lowest BCUT2D eigenvalue weighted by Gasteiger charge is -2.34. The monoisotopic (exact) mass is 640 g/mol. The zero-order valence-electron chi connectivity index (χ0n) is 23.0. The van der Waals surface area contributed by atoms with Crippen molar-refractivity contribution in [1.29, 1.82) is 0 Å². The standard InChI is InChI=1S/C32H24F4N2O4S2/c33-18-6-12-13(7-19(18)34)27(40)24(26(12)39)37-22-10-16-30(43-22)31-17(32(16)4-2-1-3-5-32)11-23(44-31)38-25-28(41)14-8-20(35)21(36)9-15(14)29(25)42/h6-7,10-11,14-15,20-21,26,39H,1-5,8-9H2. The second kappa shape index (κ2) is 9.82. The lowest BCUT2D eigenvalue weighted by molar-refractivity contribution is -0.123. The highest BCUT2D eigenvalue weighted by molar-refractivity contribution is 7.26. The van der Waals surface area contributed by atoms with Gasteiger partial charge in [0.15, 0.2) is 28.9 Å². The highest BCUT2D eigenvalue weighted by atomic mass is 32.1. The summed E-state index contributed by atoms with van der Waals surface area (Å²) in [5, 5.41) is 11.7. The second-order valence-corrected chi connectivity index (χ2v) is 14.3. The second-order valence-electron chi connectivity index (χ2n) is 12.3. The molecule has 5 unspecified atom stereocenters. The fourth-order valence-corrected chi connectivity index (χ4v) is 10.2. The van der Waals surface area contributed by atoms with Crippen LogP contribution in [0.2, 0.25) is 0 Å². The molecular formula is C32H24F4N2O4S2. The minimum absolute atomic E-state index is 0.0234. The van der Waals surface area contributed by atoms with Gasteiger partial charge in [0, 0.05) is 28.4 Å². The maximum atomic E-state index is 14.0. The SMILES string of the molecule is O=C1C(=Nc2cc3c(s2)-c2sc(N=C4C(=O)C5CC(F)C(F)CC5C4=O)cc2C32CCCCC2)C(O)c2cc(F)c(F)cc21. The number of aliphatic hydroxyl groups excluding tert-OH is 1. The number of nitrogens with zero attached hydrogens (tertiary/aromatic N) is 2. The third-order valence-electron chi connectivity index (χ3n) is 9.94. The number of thiophene rings is 2. The van der Waals surface area contributed by atoms with Crippen molar-refractivity contribution in [1.82, 2.24) is 0 Å². The summed E-state index contributed by atoms with van der Waals surface area (Å²) in [6, 6.07) is 5.43. The Morgan fingerprint density at radius 1 is 0.773 bits per heavy atom. The van der Waals surface area contributed by atoms with Crippen molar-refractivity contribution in [2.75, 3.05) is 0 Å². The lowest BCUT2D eigenvalue weighted by Crippen LogP contribution is -2.35. The molecule has 3 fully saturated rings. The van der Waals surface area contributed by atoms with Gasteiger partial charge in [0.2, 0.25) is 5.78 Å². The van der Waals surface area contributed by atoms with Gasteiger partial charge < -0.3 is 5.11 Å². The Balaban J connectivity index is 1.18. The highest BCUT2D eigenvalue weighted by Gasteiger charge is 2.53. The zero-order valence-corrected chi connectivity index (χ0v) is 24.7. The molecule has 1 aromatic carbocycles. The Bertz CT molecular complexity index is 1840. The van der Waals surface area contributed by atoms with Crippen molar-refractivity contribution in [3.8, 4) is 9.75 Å². The molecule has 5 atom stereocenters. The van der Waals surface area contributed by atoms with Gasteiger partial charge in [-0.05, 0) is 61.1 Å². The molecule has 0 amide bonds. The molecule has 6 nitrogen and oxygen atoms in total. The minimum Gasteiger partial charge on any atom is -0.382 e. The van der Waals surface area contributed by atoms with E-state index in [-0.39, 0.29) is 40.8 Å². The lowest BCUT2D eigenvalue weighted by atomic mass is 9.68. The van der Waals surface area contributed by atoms with Gasteiger partial charge in [-0.3, -0.25) is 14.4 Å². The summed E-state index contributed by atoms with van der Waals surface area (Å²) < 4.78 is 55.8. The predicted molar refractivity (Wildman–Crippen MR) is 157 cm³/mol.